The molecule has 0 fully saturated rings. The van der Waals surface area contributed by atoms with Crippen LogP contribution in [-0.2, 0) is 4.79 Å². The molecule has 0 atom stereocenters. The molecule has 0 saturated carbocycles. The quantitative estimate of drug-likeness (QED) is 0.388. The summed E-state index contributed by atoms with van der Waals surface area (Å²) in [6, 6.07) is 10.5. The van der Waals surface area contributed by atoms with E-state index in [0.29, 0.717) is 32.6 Å². The van der Waals surface area contributed by atoms with E-state index in [0.717, 1.165) is 12.2 Å². The molecule has 0 aromatic heterocycles. The molecule has 2 aromatic carbocycles. The van der Waals surface area contributed by atoms with Crippen molar-refractivity contribution in [1.29, 1.82) is 0 Å². The first-order valence-corrected chi connectivity index (χ1v) is 10.3. The molecular formula is C20H22BrCl2NO3. The predicted molar refractivity (Wildman–Crippen MR) is 114 cm³/mol. The molecule has 27 heavy (non-hydrogen) atoms. The van der Waals surface area contributed by atoms with E-state index in [1.807, 2.05) is 12.1 Å². The first kappa shape index (κ1) is 21.9. The average molecular weight is 475 g/mol. The molecular weight excluding hydrogens is 453 g/mol. The maximum absolute atomic E-state index is 12.1. The molecule has 0 aliphatic heterocycles. The summed E-state index contributed by atoms with van der Waals surface area (Å²) in [7, 11) is 0. The van der Waals surface area contributed by atoms with Gasteiger partial charge in [0.15, 0.2) is 12.4 Å². The first-order valence-electron chi connectivity index (χ1n) is 8.79. The van der Waals surface area contributed by atoms with Crippen molar-refractivity contribution in [1.82, 2.24) is 0 Å². The van der Waals surface area contributed by atoms with Crippen molar-refractivity contribution in [3.05, 3.63) is 50.9 Å². The minimum absolute atomic E-state index is 0.171. The van der Waals surface area contributed by atoms with Gasteiger partial charge in [0.1, 0.15) is 5.75 Å². The van der Waals surface area contributed by atoms with E-state index in [4.69, 9.17) is 32.7 Å². The minimum atomic E-state index is -0.291. The summed E-state index contributed by atoms with van der Waals surface area (Å²) in [4.78, 5) is 12.1. The molecule has 4 nitrogen and oxygen atoms in total. The van der Waals surface area contributed by atoms with E-state index in [1.54, 1.807) is 24.3 Å². The monoisotopic (exact) mass is 473 g/mol. The zero-order chi connectivity index (χ0) is 19.6. The highest BCUT2D eigenvalue weighted by Crippen LogP contribution is 2.36. The fraction of sp³-hybridized carbons (Fsp3) is 0.350. The van der Waals surface area contributed by atoms with E-state index in [9.17, 15) is 4.79 Å². The molecule has 0 radical (unpaired) electrons. The second kappa shape index (κ2) is 11.4. The third-order valence-electron chi connectivity index (χ3n) is 3.72. The summed E-state index contributed by atoms with van der Waals surface area (Å²) in [6.45, 7) is 2.72. The number of ether oxygens (including phenoxy) is 2. The van der Waals surface area contributed by atoms with Crippen LogP contribution in [0.2, 0.25) is 10.0 Å². The minimum Gasteiger partial charge on any atom is -0.494 e. The molecule has 0 unspecified atom stereocenters. The van der Waals surface area contributed by atoms with Gasteiger partial charge >= 0.3 is 0 Å². The fourth-order valence-corrected chi connectivity index (χ4v) is 3.72. The van der Waals surface area contributed by atoms with Gasteiger partial charge in [-0.3, -0.25) is 4.79 Å². The van der Waals surface area contributed by atoms with Gasteiger partial charge in [0.25, 0.3) is 5.91 Å². The number of halogens is 3. The molecule has 1 amide bonds. The van der Waals surface area contributed by atoms with Gasteiger partial charge in [-0.1, -0.05) is 49.4 Å². The molecule has 146 valence electrons. The molecule has 0 aliphatic rings. The third-order valence-corrected chi connectivity index (χ3v) is 4.80. The van der Waals surface area contributed by atoms with Crippen LogP contribution in [0.4, 0.5) is 5.69 Å². The van der Waals surface area contributed by atoms with Gasteiger partial charge in [-0.05, 0) is 58.7 Å². The van der Waals surface area contributed by atoms with Crippen molar-refractivity contribution in [3.8, 4) is 11.5 Å². The Bertz CT molecular complexity index is 730. The van der Waals surface area contributed by atoms with Crippen molar-refractivity contribution in [3.63, 3.8) is 0 Å². The number of carbonyl (C=O) groups is 1. The Morgan fingerprint density at radius 3 is 2.48 bits per heavy atom. The van der Waals surface area contributed by atoms with Crippen molar-refractivity contribution in [2.24, 2.45) is 0 Å². The van der Waals surface area contributed by atoms with E-state index in [1.165, 1.54) is 19.3 Å². The van der Waals surface area contributed by atoms with E-state index in [-0.39, 0.29) is 12.5 Å². The van der Waals surface area contributed by atoms with Crippen LogP contribution in [0.5, 0.6) is 11.5 Å². The normalized spacial score (nSPS) is 10.5. The van der Waals surface area contributed by atoms with Gasteiger partial charge in [0.2, 0.25) is 0 Å². The zero-order valence-corrected chi connectivity index (χ0v) is 18.2. The summed E-state index contributed by atoms with van der Waals surface area (Å²) in [5, 5.41) is 3.59. The Morgan fingerprint density at radius 2 is 1.81 bits per heavy atom. The van der Waals surface area contributed by atoms with Gasteiger partial charge in [-0.2, -0.15) is 0 Å². The van der Waals surface area contributed by atoms with Crippen LogP contribution in [-0.4, -0.2) is 19.1 Å². The highest BCUT2D eigenvalue weighted by molar-refractivity contribution is 9.10. The van der Waals surface area contributed by atoms with Crippen molar-refractivity contribution in [2.45, 2.75) is 32.6 Å². The van der Waals surface area contributed by atoms with Crippen LogP contribution in [0, 0.1) is 0 Å². The van der Waals surface area contributed by atoms with Crippen molar-refractivity contribution >= 4 is 50.7 Å². The van der Waals surface area contributed by atoms with E-state index in [2.05, 4.69) is 28.2 Å². The molecule has 0 saturated heterocycles. The summed E-state index contributed by atoms with van der Waals surface area (Å²) in [5.41, 5.74) is 0.670. The Balaban J connectivity index is 1.79. The number of amides is 1. The average Bonchev–Trinajstić information content (AvgIpc) is 2.62. The smallest absolute Gasteiger partial charge is 0.262 e. The van der Waals surface area contributed by atoms with Gasteiger partial charge in [0, 0.05) is 10.7 Å². The predicted octanol–water partition coefficient (Wildman–Crippen LogP) is 6.73. The molecule has 2 rings (SSSR count). The highest BCUT2D eigenvalue weighted by atomic mass is 79.9. The summed E-state index contributed by atoms with van der Waals surface area (Å²) in [5.74, 6) is 0.877. The van der Waals surface area contributed by atoms with Crippen LogP contribution >= 0.6 is 39.1 Å². The van der Waals surface area contributed by atoms with Gasteiger partial charge in [-0.15, -0.1) is 0 Å². The Hall–Kier alpha value is -1.43. The van der Waals surface area contributed by atoms with Crippen molar-refractivity contribution < 1.29 is 14.3 Å². The maximum atomic E-state index is 12.1. The molecule has 0 spiro atoms. The standard InChI is InChI=1S/C20H22BrCl2NO3/c1-2-3-4-5-10-26-16-8-6-15(7-9-16)24-19(25)13-27-20-17(21)11-14(22)12-18(20)23/h6-9,11-12H,2-5,10,13H2,1H3,(H,24,25). The van der Waals surface area contributed by atoms with E-state index < -0.39 is 0 Å². The highest BCUT2D eigenvalue weighted by Gasteiger charge is 2.11. The van der Waals surface area contributed by atoms with Gasteiger partial charge in [0.05, 0.1) is 16.1 Å². The van der Waals surface area contributed by atoms with Crippen LogP contribution in [0.1, 0.15) is 32.6 Å². The Kier molecular flexibility index (Phi) is 9.25. The molecule has 0 bridgehead atoms. The number of rotatable bonds is 10. The zero-order valence-electron chi connectivity index (χ0n) is 15.1. The SMILES string of the molecule is CCCCCCOc1ccc(NC(=O)COc2c(Cl)cc(Cl)cc2Br)cc1. The van der Waals surface area contributed by atoms with Crippen LogP contribution in [0.15, 0.2) is 40.9 Å². The van der Waals surface area contributed by atoms with Crippen LogP contribution in [0.25, 0.3) is 0 Å². The maximum Gasteiger partial charge on any atom is 0.262 e. The Morgan fingerprint density at radius 1 is 1.07 bits per heavy atom. The van der Waals surface area contributed by atoms with Gasteiger partial charge < -0.3 is 14.8 Å². The lowest BCUT2D eigenvalue weighted by Gasteiger charge is -2.11. The summed E-state index contributed by atoms with van der Waals surface area (Å²) < 4.78 is 11.8. The second-order valence-corrected chi connectivity index (χ2v) is 7.67. The molecule has 0 heterocycles. The second-order valence-electron chi connectivity index (χ2n) is 5.97. The molecule has 0 aliphatic carbocycles. The third kappa shape index (κ3) is 7.60. The lowest BCUT2D eigenvalue weighted by atomic mass is 10.2. The number of benzene rings is 2. The number of nitrogens with one attached hydrogen (secondary N) is 1. The van der Waals surface area contributed by atoms with Gasteiger partial charge in [-0.25, -0.2) is 0 Å². The van der Waals surface area contributed by atoms with E-state index >= 15 is 0 Å². The first-order chi connectivity index (χ1) is 13.0. The molecule has 1 N–H and O–H groups in total. The summed E-state index contributed by atoms with van der Waals surface area (Å²) >= 11 is 15.3. The fourth-order valence-electron chi connectivity index (χ4n) is 2.35. The number of hydrogen-bond donors (Lipinski definition) is 1. The largest absolute Gasteiger partial charge is 0.494 e. The number of anilines is 1. The lowest BCUT2D eigenvalue weighted by Crippen LogP contribution is -2.20. The summed E-state index contributed by atoms with van der Waals surface area (Å²) in [6.07, 6.45) is 4.67. The number of unbranched alkanes of at least 4 members (excludes halogenated alkanes) is 3. The lowest BCUT2D eigenvalue weighted by molar-refractivity contribution is -0.118. The number of carbonyl (C=O) groups excluding carboxylic acids is 1. The van der Waals surface area contributed by atoms with Crippen LogP contribution < -0.4 is 14.8 Å². The van der Waals surface area contributed by atoms with Crippen molar-refractivity contribution in [2.75, 3.05) is 18.5 Å². The Labute approximate surface area is 178 Å². The molecule has 7 heteroatoms. The van der Waals surface area contributed by atoms with Crippen LogP contribution in [0.3, 0.4) is 0 Å². The number of hydrogen-bond acceptors (Lipinski definition) is 3. The topological polar surface area (TPSA) is 47.6 Å². The molecule has 2 aromatic rings.